The SMILES string of the molecule is Cc1ccc(C)c(-n2cc(N)c(-c3cccs3)n2)c1. The predicted octanol–water partition coefficient (Wildman–Crippen LogP) is 3.80. The van der Waals surface area contributed by atoms with Gasteiger partial charge in [-0.25, -0.2) is 4.68 Å². The molecule has 0 aliphatic carbocycles. The van der Waals surface area contributed by atoms with Gasteiger partial charge in [-0.1, -0.05) is 18.2 Å². The van der Waals surface area contributed by atoms with Crippen LogP contribution < -0.4 is 5.73 Å². The lowest BCUT2D eigenvalue weighted by Crippen LogP contribution is -1.98. The molecule has 2 aromatic heterocycles. The number of benzene rings is 1. The topological polar surface area (TPSA) is 43.8 Å². The molecule has 96 valence electrons. The Morgan fingerprint density at radius 3 is 2.79 bits per heavy atom. The summed E-state index contributed by atoms with van der Waals surface area (Å²) in [5.41, 5.74) is 11.1. The number of nitrogens with two attached hydrogens (primary N) is 1. The van der Waals surface area contributed by atoms with Crippen LogP contribution >= 0.6 is 11.3 Å². The van der Waals surface area contributed by atoms with E-state index in [0.29, 0.717) is 5.69 Å². The third-order valence-corrected chi connectivity index (χ3v) is 3.99. The van der Waals surface area contributed by atoms with Crippen molar-refractivity contribution < 1.29 is 0 Å². The summed E-state index contributed by atoms with van der Waals surface area (Å²) >= 11 is 1.65. The van der Waals surface area contributed by atoms with E-state index in [4.69, 9.17) is 5.73 Å². The molecule has 0 spiro atoms. The van der Waals surface area contributed by atoms with Crippen LogP contribution in [0.15, 0.2) is 41.9 Å². The van der Waals surface area contributed by atoms with Crippen LogP contribution in [0.2, 0.25) is 0 Å². The van der Waals surface area contributed by atoms with Gasteiger partial charge in [-0.15, -0.1) is 11.3 Å². The lowest BCUT2D eigenvalue weighted by atomic mass is 10.1. The monoisotopic (exact) mass is 269 g/mol. The molecule has 0 saturated heterocycles. The Morgan fingerprint density at radius 2 is 2.05 bits per heavy atom. The van der Waals surface area contributed by atoms with Crippen LogP contribution in [0.4, 0.5) is 5.69 Å². The predicted molar refractivity (Wildman–Crippen MR) is 80.8 cm³/mol. The summed E-state index contributed by atoms with van der Waals surface area (Å²) in [7, 11) is 0. The van der Waals surface area contributed by atoms with Gasteiger partial charge in [0.05, 0.1) is 22.4 Å². The molecular weight excluding hydrogens is 254 g/mol. The van der Waals surface area contributed by atoms with E-state index in [-0.39, 0.29) is 0 Å². The first-order chi connectivity index (χ1) is 9.15. The molecule has 2 heterocycles. The number of aryl methyl sites for hydroxylation is 2. The molecule has 0 aliphatic rings. The Hall–Kier alpha value is -2.07. The van der Waals surface area contributed by atoms with Crippen LogP contribution in [0.3, 0.4) is 0 Å². The van der Waals surface area contributed by atoms with Crippen LogP contribution in [0.1, 0.15) is 11.1 Å². The smallest absolute Gasteiger partial charge is 0.126 e. The summed E-state index contributed by atoms with van der Waals surface area (Å²) in [4.78, 5) is 1.10. The maximum Gasteiger partial charge on any atom is 0.126 e. The number of nitrogen functional groups attached to an aromatic ring is 1. The van der Waals surface area contributed by atoms with Crippen molar-refractivity contribution in [3.8, 4) is 16.3 Å². The van der Waals surface area contributed by atoms with Gasteiger partial charge in [-0.3, -0.25) is 0 Å². The second-order valence-corrected chi connectivity index (χ2v) is 5.59. The van der Waals surface area contributed by atoms with Crippen LogP contribution in [-0.4, -0.2) is 9.78 Å². The van der Waals surface area contributed by atoms with Crippen molar-refractivity contribution in [1.82, 2.24) is 9.78 Å². The fraction of sp³-hybridized carbons (Fsp3) is 0.133. The number of hydrogen-bond donors (Lipinski definition) is 1. The number of aromatic nitrogens is 2. The third-order valence-electron chi connectivity index (χ3n) is 3.11. The lowest BCUT2D eigenvalue weighted by Gasteiger charge is -2.06. The third kappa shape index (κ3) is 2.15. The molecule has 0 unspecified atom stereocenters. The molecule has 0 aliphatic heterocycles. The van der Waals surface area contributed by atoms with E-state index in [2.05, 4.69) is 37.1 Å². The van der Waals surface area contributed by atoms with Gasteiger partial charge in [0.2, 0.25) is 0 Å². The first-order valence-corrected chi connectivity index (χ1v) is 7.00. The maximum atomic E-state index is 6.08. The fourth-order valence-electron chi connectivity index (χ4n) is 2.08. The van der Waals surface area contributed by atoms with Gasteiger partial charge < -0.3 is 5.73 Å². The summed E-state index contributed by atoms with van der Waals surface area (Å²) < 4.78 is 1.87. The quantitative estimate of drug-likeness (QED) is 0.769. The molecular formula is C15H15N3S. The Morgan fingerprint density at radius 1 is 1.21 bits per heavy atom. The van der Waals surface area contributed by atoms with Gasteiger partial charge in [-0.2, -0.15) is 5.10 Å². The minimum atomic E-state index is 0.711. The van der Waals surface area contributed by atoms with Gasteiger partial charge in [0.1, 0.15) is 5.69 Å². The fourth-order valence-corrected chi connectivity index (χ4v) is 2.81. The summed E-state index contributed by atoms with van der Waals surface area (Å²) in [6.45, 7) is 4.16. The van der Waals surface area contributed by atoms with E-state index in [1.807, 2.05) is 28.4 Å². The minimum absolute atomic E-state index is 0.711. The van der Waals surface area contributed by atoms with Crippen molar-refractivity contribution in [2.75, 3.05) is 5.73 Å². The molecule has 3 aromatic rings. The summed E-state index contributed by atoms with van der Waals surface area (Å²) in [6.07, 6.45) is 1.89. The highest BCUT2D eigenvalue weighted by atomic mass is 32.1. The standard InChI is InChI=1S/C15H15N3S/c1-10-5-6-11(2)13(8-10)18-9-12(16)15(17-18)14-4-3-7-19-14/h3-9H,16H2,1-2H3. The first-order valence-electron chi connectivity index (χ1n) is 6.12. The molecule has 0 fully saturated rings. The van der Waals surface area contributed by atoms with Crippen LogP contribution in [-0.2, 0) is 0 Å². The van der Waals surface area contributed by atoms with Crippen LogP contribution in [0.5, 0.6) is 0 Å². The zero-order chi connectivity index (χ0) is 13.4. The summed E-state index contributed by atoms with van der Waals surface area (Å²) in [5, 5.41) is 6.66. The van der Waals surface area contributed by atoms with Gasteiger partial charge >= 0.3 is 0 Å². The maximum absolute atomic E-state index is 6.08. The molecule has 0 atom stereocenters. The second-order valence-electron chi connectivity index (χ2n) is 4.64. The zero-order valence-electron chi connectivity index (χ0n) is 10.9. The van der Waals surface area contributed by atoms with Crippen LogP contribution in [0.25, 0.3) is 16.3 Å². The van der Waals surface area contributed by atoms with Crippen molar-refractivity contribution in [2.45, 2.75) is 13.8 Å². The number of nitrogens with zero attached hydrogens (tertiary/aromatic N) is 2. The molecule has 19 heavy (non-hydrogen) atoms. The minimum Gasteiger partial charge on any atom is -0.396 e. The number of rotatable bonds is 2. The second kappa shape index (κ2) is 4.55. The highest BCUT2D eigenvalue weighted by Gasteiger charge is 2.11. The highest BCUT2D eigenvalue weighted by molar-refractivity contribution is 7.13. The number of hydrogen-bond acceptors (Lipinski definition) is 3. The summed E-state index contributed by atoms with van der Waals surface area (Å²) in [5.74, 6) is 0. The normalized spacial score (nSPS) is 10.8. The zero-order valence-corrected chi connectivity index (χ0v) is 11.7. The van der Waals surface area contributed by atoms with E-state index in [9.17, 15) is 0 Å². The Labute approximate surface area is 116 Å². The van der Waals surface area contributed by atoms with Crippen molar-refractivity contribution in [2.24, 2.45) is 0 Å². The molecule has 0 amide bonds. The van der Waals surface area contributed by atoms with Crippen molar-refractivity contribution in [3.05, 3.63) is 53.0 Å². The Bertz CT molecular complexity index is 711. The van der Waals surface area contributed by atoms with E-state index in [1.165, 1.54) is 11.1 Å². The Balaban J connectivity index is 2.12. The van der Waals surface area contributed by atoms with Crippen molar-refractivity contribution in [3.63, 3.8) is 0 Å². The van der Waals surface area contributed by atoms with Crippen molar-refractivity contribution >= 4 is 17.0 Å². The molecule has 3 nitrogen and oxygen atoms in total. The molecule has 0 saturated carbocycles. The molecule has 2 N–H and O–H groups in total. The highest BCUT2D eigenvalue weighted by Crippen LogP contribution is 2.29. The number of anilines is 1. The van der Waals surface area contributed by atoms with Crippen molar-refractivity contribution in [1.29, 1.82) is 0 Å². The van der Waals surface area contributed by atoms with Gasteiger partial charge in [0, 0.05) is 0 Å². The molecule has 3 rings (SSSR count). The van der Waals surface area contributed by atoms with E-state index in [0.717, 1.165) is 16.3 Å². The average Bonchev–Trinajstić information content (AvgIpc) is 3.01. The molecule has 0 bridgehead atoms. The lowest BCUT2D eigenvalue weighted by molar-refractivity contribution is 0.876. The molecule has 0 radical (unpaired) electrons. The van der Waals surface area contributed by atoms with E-state index in [1.54, 1.807) is 11.3 Å². The Kier molecular flexibility index (Phi) is 2.87. The van der Waals surface area contributed by atoms with E-state index < -0.39 is 0 Å². The van der Waals surface area contributed by atoms with Gasteiger partial charge in [-0.05, 0) is 42.5 Å². The number of thiophene rings is 1. The van der Waals surface area contributed by atoms with Gasteiger partial charge in [0.15, 0.2) is 0 Å². The summed E-state index contributed by atoms with van der Waals surface area (Å²) in [6, 6.07) is 10.4. The van der Waals surface area contributed by atoms with E-state index >= 15 is 0 Å². The molecule has 1 aromatic carbocycles. The van der Waals surface area contributed by atoms with Gasteiger partial charge in [0.25, 0.3) is 0 Å². The average molecular weight is 269 g/mol. The molecule has 4 heteroatoms. The largest absolute Gasteiger partial charge is 0.396 e. The van der Waals surface area contributed by atoms with Crippen LogP contribution in [0, 0.1) is 13.8 Å². The first kappa shape index (κ1) is 12.0.